The lowest BCUT2D eigenvalue weighted by Gasteiger charge is -2.31. The summed E-state index contributed by atoms with van der Waals surface area (Å²) in [5.41, 5.74) is 0.493. The van der Waals surface area contributed by atoms with Gasteiger partial charge in [-0.25, -0.2) is 4.79 Å². The van der Waals surface area contributed by atoms with E-state index in [0.717, 1.165) is 18.4 Å². The van der Waals surface area contributed by atoms with Crippen molar-refractivity contribution < 1.29 is 33.3 Å². The third kappa shape index (κ3) is 10.0. The van der Waals surface area contributed by atoms with Crippen LogP contribution in [0.2, 0.25) is 0 Å². The van der Waals surface area contributed by atoms with Crippen molar-refractivity contribution >= 4 is 12.1 Å². The largest absolute Gasteiger partial charge is 0.493 e. The Kier molecular flexibility index (Phi) is 12.2. The molecule has 0 aliphatic carbocycles. The number of carbonyl (C=O) groups is 2. The van der Waals surface area contributed by atoms with E-state index in [1.54, 1.807) is 14.2 Å². The minimum Gasteiger partial charge on any atom is -0.493 e. The number of hydrogen-bond acceptors (Lipinski definition) is 7. The van der Waals surface area contributed by atoms with Crippen molar-refractivity contribution in [2.45, 2.75) is 91.9 Å². The third-order valence-electron chi connectivity index (χ3n) is 6.99. The number of nitrogens with one attached hydrogen (secondary N) is 1. The van der Waals surface area contributed by atoms with Gasteiger partial charge in [-0.2, -0.15) is 0 Å². The number of alkyl carbamates (subject to hydrolysis) is 1. The van der Waals surface area contributed by atoms with Gasteiger partial charge in [-0.3, -0.25) is 4.79 Å². The van der Waals surface area contributed by atoms with E-state index in [4.69, 9.17) is 23.7 Å². The summed E-state index contributed by atoms with van der Waals surface area (Å²) < 4.78 is 28.0. The van der Waals surface area contributed by atoms with Crippen molar-refractivity contribution in [2.75, 3.05) is 27.4 Å². The second kappa shape index (κ2) is 14.6. The van der Waals surface area contributed by atoms with Gasteiger partial charge in [-0.15, -0.1) is 0 Å². The van der Waals surface area contributed by atoms with Gasteiger partial charge in [0.25, 0.3) is 0 Å². The minimum absolute atomic E-state index is 0.167. The van der Waals surface area contributed by atoms with Gasteiger partial charge in [0, 0.05) is 20.1 Å². The van der Waals surface area contributed by atoms with Crippen LogP contribution in [0.15, 0.2) is 18.2 Å². The third-order valence-corrected chi connectivity index (χ3v) is 6.99. The number of cyclic esters (lactones) is 1. The smallest absolute Gasteiger partial charge is 0.408 e. The van der Waals surface area contributed by atoms with Crippen molar-refractivity contribution in [1.29, 1.82) is 0 Å². The summed E-state index contributed by atoms with van der Waals surface area (Å²) in [6, 6.07) is 5.66. The predicted octanol–water partition coefficient (Wildman–Crippen LogP) is 5.80. The van der Waals surface area contributed by atoms with Gasteiger partial charge >= 0.3 is 12.1 Å². The SMILES string of the molecule is COCCCOc1cc(C[C@H](C[C@@H](NC(=O)OC(C)(C)C)[C@H]2C[C@@H](C(C)C)C(=O)O2)C(C)C)ccc1OC. The highest BCUT2D eigenvalue weighted by Crippen LogP contribution is 2.34. The van der Waals surface area contributed by atoms with E-state index < -0.39 is 11.7 Å². The number of esters is 1. The normalized spacial score (nSPS) is 19.3. The molecular weight excluding hydrogens is 486 g/mol. The average molecular weight is 536 g/mol. The molecule has 0 radical (unpaired) electrons. The second-order valence-corrected chi connectivity index (χ2v) is 11.9. The molecule has 1 saturated heterocycles. The van der Waals surface area contributed by atoms with Crippen LogP contribution in [-0.2, 0) is 25.4 Å². The molecule has 0 unspecified atom stereocenters. The average Bonchev–Trinajstić information content (AvgIpc) is 3.21. The first-order chi connectivity index (χ1) is 17.8. The topological polar surface area (TPSA) is 92.3 Å². The first-order valence-corrected chi connectivity index (χ1v) is 13.8. The molecule has 1 amide bonds. The molecule has 0 bridgehead atoms. The molecule has 0 spiro atoms. The van der Waals surface area contributed by atoms with Crippen LogP contribution in [0, 0.1) is 23.7 Å². The van der Waals surface area contributed by atoms with Crippen molar-refractivity contribution in [3.8, 4) is 11.5 Å². The number of amides is 1. The van der Waals surface area contributed by atoms with Crippen LogP contribution in [-0.4, -0.2) is 57.2 Å². The molecular formula is C30H49NO7. The Balaban J connectivity index is 2.23. The van der Waals surface area contributed by atoms with E-state index in [9.17, 15) is 9.59 Å². The van der Waals surface area contributed by atoms with E-state index in [0.29, 0.717) is 43.5 Å². The van der Waals surface area contributed by atoms with Gasteiger partial charge in [-0.1, -0.05) is 33.8 Å². The summed E-state index contributed by atoms with van der Waals surface area (Å²) in [4.78, 5) is 25.4. The highest BCUT2D eigenvalue weighted by molar-refractivity contribution is 5.75. The van der Waals surface area contributed by atoms with Gasteiger partial charge in [0.05, 0.1) is 25.7 Å². The summed E-state index contributed by atoms with van der Waals surface area (Å²) in [6.45, 7) is 15.1. The Morgan fingerprint density at radius 1 is 1.11 bits per heavy atom. The molecule has 8 nitrogen and oxygen atoms in total. The Hall–Kier alpha value is -2.48. The van der Waals surface area contributed by atoms with Crippen LogP contribution in [0.4, 0.5) is 4.79 Å². The summed E-state index contributed by atoms with van der Waals surface area (Å²) in [6.07, 6.45) is 1.91. The lowest BCUT2D eigenvalue weighted by atomic mass is 9.81. The number of carbonyl (C=O) groups excluding carboxylic acids is 2. The predicted molar refractivity (Wildman–Crippen MR) is 148 cm³/mol. The first-order valence-electron chi connectivity index (χ1n) is 13.8. The Bertz CT molecular complexity index is 893. The maximum absolute atomic E-state index is 12.8. The minimum atomic E-state index is -0.623. The Morgan fingerprint density at radius 2 is 1.82 bits per heavy atom. The molecule has 8 heteroatoms. The summed E-state index contributed by atoms with van der Waals surface area (Å²) >= 11 is 0. The van der Waals surface area contributed by atoms with E-state index in [-0.39, 0.29) is 35.9 Å². The van der Waals surface area contributed by atoms with Crippen LogP contribution in [0.5, 0.6) is 11.5 Å². The fourth-order valence-electron chi connectivity index (χ4n) is 4.75. The molecule has 1 aromatic carbocycles. The molecule has 1 aliphatic heterocycles. The number of ether oxygens (including phenoxy) is 5. The molecule has 216 valence electrons. The lowest BCUT2D eigenvalue weighted by Crippen LogP contribution is -2.47. The van der Waals surface area contributed by atoms with Crippen molar-refractivity contribution in [3.63, 3.8) is 0 Å². The molecule has 1 aromatic rings. The molecule has 1 aliphatic rings. The van der Waals surface area contributed by atoms with Crippen LogP contribution in [0.25, 0.3) is 0 Å². The standard InChI is InChI=1S/C30H49NO7/c1-19(2)22(15-21-11-12-25(35-9)27(16-21)36-14-10-13-34-8)17-24(31-29(33)38-30(5,6)7)26-18-23(20(3)4)28(32)37-26/h11-12,16,19-20,22-24,26H,10,13-15,17-18H2,1-9H3,(H,31,33)/t22-,23+,24-,26-/m1/s1. The van der Waals surface area contributed by atoms with Gasteiger partial charge in [0.2, 0.25) is 0 Å². The zero-order valence-corrected chi connectivity index (χ0v) is 24.8. The van der Waals surface area contributed by atoms with E-state index in [1.807, 2.05) is 46.8 Å². The van der Waals surface area contributed by atoms with E-state index in [1.165, 1.54) is 0 Å². The second-order valence-electron chi connectivity index (χ2n) is 11.9. The molecule has 1 N–H and O–H groups in total. The number of hydrogen-bond donors (Lipinski definition) is 1. The van der Waals surface area contributed by atoms with E-state index >= 15 is 0 Å². The number of methoxy groups -OCH3 is 2. The zero-order valence-electron chi connectivity index (χ0n) is 24.8. The summed E-state index contributed by atoms with van der Waals surface area (Å²) in [7, 11) is 3.31. The van der Waals surface area contributed by atoms with Crippen LogP contribution >= 0.6 is 0 Å². The molecule has 0 aromatic heterocycles. The fourth-order valence-corrected chi connectivity index (χ4v) is 4.75. The number of rotatable bonds is 14. The highest BCUT2D eigenvalue weighted by Gasteiger charge is 2.42. The summed E-state index contributed by atoms with van der Waals surface area (Å²) in [5.74, 6) is 1.75. The fraction of sp³-hybridized carbons (Fsp3) is 0.733. The maximum Gasteiger partial charge on any atom is 0.408 e. The molecule has 4 atom stereocenters. The van der Waals surface area contributed by atoms with Crippen LogP contribution in [0.3, 0.4) is 0 Å². The molecule has 1 heterocycles. The van der Waals surface area contributed by atoms with E-state index in [2.05, 4.69) is 25.2 Å². The molecule has 2 rings (SSSR count). The lowest BCUT2D eigenvalue weighted by molar-refractivity contribution is -0.146. The Morgan fingerprint density at radius 3 is 2.37 bits per heavy atom. The van der Waals surface area contributed by atoms with Gasteiger partial charge in [-0.05, 0) is 75.5 Å². The monoisotopic (exact) mass is 535 g/mol. The van der Waals surface area contributed by atoms with Crippen molar-refractivity contribution in [3.05, 3.63) is 23.8 Å². The zero-order chi connectivity index (χ0) is 28.5. The van der Waals surface area contributed by atoms with Crippen LogP contribution in [0.1, 0.15) is 73.3 Å². The highest BCUT2D eigenvalue weighted by atomic mass is 16.6. The van der Waals surface area contributed by atoms with Gasteiger partial charge < -0.3 is 29.0 Å². The first kappa shape index (κ1) is 31.7. The van der Waals surface area contributed by atoms with Crippen molar-refractivity contribution in [1.82, 2.24) is 5.32 Å². The quantitative estimate of drug-likeness (QED) is 0.238. The Labute approximate surface area is 229 Å². The van der Waals surface area contributed by atoms with Gasteiger partial charge in [0.1, 0.15) is 11.7 Å². The molecule has 0 saturated carbocycles. The molecule has 38 heavy (non-hydrogen) atoms. The van der Waals surface area contributed by atoms with Gasteiger partial charge in [0.15, 0.2) is 11.5 Å². The van der Waals surface area contributed by atoms with Crippen LogP contribution < -0.4 is 14.8 Å². The number of benzene rings is 1. The maximum atomic E-state index is 12.8. The summed E-state index contributed by atoms with van der Waals surface area (Å²) in [5, 5.41) is 3.04. The molecule has 1 fully saturated rings. The van der Waals surface area contributed by atoms with Crippen molar-refractivity contribution in [2.24, 2.45) is 23.7 Å².